The van der Waals surface area contributed by atoms with Crippen LogP contribution in [0.25, 0.3) is 0 Å². The van der Waals surface area contributed by atoms with E-state index in [1.165, 1.54) is 0 Å². The Morgan fingerprint density at radius 3 is 3.00 bits per heavy atom. The van der Waals surface area contributed by atoms with Crippen molar-refractivity contribution >= 4 is 44.4 Å². The van der Waals surface area contributed by atoms with Crippen LogP contribution in [0.3, 0.4) is 0 Å². The van der Waals surface area contributed by atoms with Crippen LogP contribution in [0.5, 0.6) is 0 Å². The van der Waals surface area contributed by atoms with E-state index in [1.54, 1.807) is 0 Å². The van der Waals surface area contributed by atoms with Crippen LogP contribution >= 0.6 is 38.5 Å². The Hall–Kier alpha value is -0.140. The second-order valence-corrected chi connectivity index (χ2v) is 6.05. The molecule has 0 saturated carbocycles. The van der Waals surface area contributed by atoms with Gasteiger partial charge in [-0.05, 0) is 57.6 Å². The van der Waals surface area contributed by atoms with Crippen molar-refractivity contribution < 1.29 is 9.53 Å². The van der Waals surface area contributed by atoms with Gasteiger partial charge < -0.3 is 9.64 Å². The lowest BCUT2D eigenvalue weighted by Crippen LogP contribution is -2.44. The van der Waals surface area contributed by atoms with Crippen LogP contribution < -0.4 is 0 Å². The molecule has 3 nitrogen and oxygen atoms in total. The summed E-state index contributed by atoms with van der Waals surface area (Å²) in [6, 6.07) is 5.78. The van der Waals surface area contributed by atoms with Crippen molar-refractivity contribution in [3.05, 3.63) is 31.8 Å². The fourth-order valence-corrected chi connectivity index (χ4v) is 3.50. The predicted molar refractivity (Wildman–Crippen MR) is 78.2 cm³/mol. The molecule has 1 aromatic carbocycles. The quantitative estimate of drug-likeness (QED) is 0.667. The molecule has 1 saturated heterocycles. The summed E-state index contributed by atoms with van der Waals surface area (Å²) >= 11 is 5.64. The lowest BCUT2D eigenvalue weighted by atomic mass is 10.2. The number of carbonyl (C=O) groups is 1. The molecule has 0 bridgehead atoms. The van der Waals surface area contributed by atoms with Gasteiger partial charge in [-0.1, -0.05) is 6.07 Å². The summed E-state index contributed by atoms with van der Waals surface area (Å²) < 4.78 is 7.28. The molecule has 1 aliphatic heterocycles. The van der Waals surface area contributed by atoms with Gasteiger partial charge in [-0.25, -0.2) is 0 Å². The molecule has 0 unspecified atom stereocenters. The molecule has 1 aromatic rings. The Labute approximate surface area is 123 Å². The Bertz CT molecular complexity index is 418. The number of nitrogens with zero attached hydrogens (tertiary/aromatic N) is 1. The molecule has 1 amide bonds. The molecule has 1 fully saturated rings. The van der Waals surface area contributed by atoms with Gasteiger partial charge in [0.1, 0.15) is 0 Å². The topological polar surface area (TPSA) is 29.5 Å². The van der Waals surface area contributed by atoms with E-state index in [1.807, 2.05) is 30.0 Å². The molecular formula is C12H13BrINO2. The van der Waals surface area contributed by atoms with E-state index in [2.05, 4.69) is 38.5 Å². The van der Waals surface area contributed by atoms with Gasteiger partial charge in [-0.2, -0.15) is 0 Å². The number of morpholine rings is 1. The van der Waals surface area contributed by atoms with E-state index >= 15 is 0 Å². The third kappa shape index (κ3) is 3.00. The monoisotopic (exact) mass is 409 g/mol. The van der Waals surface area contributed by atoms with Gasteiger partial charge in [-0.15, -0.1) is 0 Å². The number of ether oxygens (including phenoxy) is 1. The maximum atomic E-state index is 12.4. The molecule has 92 valence electrons. The van der Waals surface area contributed by atoms with Crippen molar-refractivity contribution in [3.63, 3.8) is 0 Å². The highest BCUT2D eigenvalue weighted by molar-refractivity contribution is 14.1. The Morgan fingerprint density at radius 1 is 1.59 bits per heavy atom. The van der Waals surface area contributed by atoms with E-state index in [4.69, 9.17) is 4.74 Å². The number of rotatable bonds is 1. The van der Waals surface area contributed by atoms with Crippen molar-refractivity contribution in [2.75, 3.05) is 19.7 Å². The van der Waals surface area contributed by atoms with E-state index in [9.17, 15) is 4.79 Å². The highest BCUT2D eigenvalue weighted by atomic mass is 127. The van der Waals surface area contributed by atoms with Crippen LogP contribution in [-0.2, 0) is 4.74 Å². The second kappa shape index (κ2) is 5.67. The third-order valence-electron chi connectivity index (χ3n) is 2.70. The largest absolute Gasteiger partial charge is 0.375 e. The van der Waals surface area contributed by atoms with Crippen molar-refractivity contribution in [2.45, 2.75) is 13.0 Å². The Kier molecular flexibility index (Phi) is 4.43. The summed E-state index contributed by atoms with van der Waals surface area (Å²) in [5.41, 5.74) is 0.752. The van der Waals surface area contributed by atoms with Gasteiger partial charge >= 0.3 is 0 Å². The van der Waals surface area contributed by atoms with Gasteiger partial charge in [0.2, 0.25) is 0 Å². The predicted octanol–water partition coefficient (Wildman–Crippen LogP) is 2.91. The van der Waals surface area contributed by atoms with Crippen molar-refractivity contribution in [1.82, 2.24) is 4.90 Å². The molecule has 0 N–H and O–H groups in total. The summed E-state index contributed by atoms with van der Waals surface area (Å²) in [5.74, 6) is 0.0806. The molecule has 1 heterocycles. The third-order valence-corrected chi connectivity index (χ3v) is 4.26. The molecule has 0 spiro atoms. The molecule has 5 heteroatoms. The first kappa shape index (κ1) is 13.3. The SMILES string of the molecule is C[C@@H]1CN(C(=O)c2c(Br)cccc2I)CCO1. The summed E-state index contributed by atoms with van der Waals surface area (Å²) in [4.78, 5) is 14.3. The average molecular weight is 410 g/mol. The zero-order valence-electron chi connectivity index (χ0n) is 9.45. The highest BCUT2D eigenvalue weighted by Crippen LogP contribution is 2.24. The Morgan fingerprint density at radius 2 is 2.35 bits per heavy atom. The first-order valence-corrected chi connectivity index (χ1v) is 7.31. The number of hydrogen-bond donors (Lipinski definition) is 0. The molecule has 0 aliphatic carbocycles. The minimum atomic E-state index is 0.0806. The number of amides is 1. The van der Waals surface area contributed by atoms with E-state index in [0.717, 1.165) is 13.6 Å². The smallest absolute Gasteiger partial charge is 0.256 e. The fraction of sp³-hybridized carbons (Fsp3) is 0.417. The fourth-order valence-electron chi connectivity index (χ4n) is 1.86. The zero-order valence-corrected chi connectivity index (χ0v) is 13.2. The van der Waals surface area contributed by atoms with E-state index < -0.39 is 0 Å². The number of carbonyl (C=O) groups excluding carboxylic acids is 1. The summed E-state index contributed by atoms with van der Waals surface area (Å²) in [6.45, 7) is 3.94. The molecule has 0 aromatic heterocycles. The lowest BCUT2D eigenvalue weighted by molar-refractivity contribution is -0.0124. The van der Waals surface area contributed by atoms with Gasteiger partial charge in [0.15, 0.2) is 0 Å². The van der Waals surface area contributed by atoms with Gasteiger partial charge in [0, 0.05) is 21.1 Å². The van der Waals surface area contributed by atoms with Crippen molar-refractivity contribution in [1.29, 1.82) is 0 Å². The van der Waals surface area contributed by atoms with Crippen molar-refractivity contribution in [3.8, 4) is 0 Å². The van der Waals surface area contributed by atoms with Crippen LogP contribution in [0.4, 0.5) is 0 Å². The molecule has 2 rings (SSSR count). The number of benzene rings is 1. The maximum Gasteiger partial charge on any atom is 0.256 e. The molecule has 1 aliphatic rings. The van der Waals surface area contributed by atoms with Crippen LogP contribution in [0, 0.1) is 3.57 Å². The maximum absolute atomic E-state index is 12.4. The molecule has 1 atom stereocenters. The normalized spacial score (nSPS) is 20.4. The molecule has 0 radical (unpaired) electrons. The van der Waals surface area contributed by atoms with Gasteiger partial charge in [-0.3, -0.25) is 4.79 Å². The van der Waals surface area contributed by atoms with Gasteiger partial charge in [0.05, 0.1) is 18.3 Å². The van der Waals surface area contributed by atoms with Crippen LogP contribution in [0.15, 0.2) is 22.7 Å². The highest BCUT2D eigenvalue weighted by Gasteiger charge is 2.25. The molecule has 17 heavy (non-hydrogen) atoms. The standard InChI is InChI=1S/C12H13BrINO2/c1-8-7-15(5-6-17-8)12(16)11-9(13)3-2-4-10(11)14/h2-4,8H,5-7H2,1H3/t8-/m1/s1. The lowest BCUT2D eigenvalue weighted by Gasteiger charge is -2.31. The number of hydrogen-bond acceptors (Lipinski definition) is 2. The van der Waals surface area contributed by atoms with Crippen LogP contribution in [-0.4, -0.2) is 36.6 Å². The Balaban J connectivity index is 2.24. The zero-order chi connectivity index (χ0) is 12.4. The van der Waals surface area contributed by atoms with Gasteiger partial charge in [0.25, 0.3) is 5.91 Å². The minimum Gasteiger partial charge on any atom is -0.375 e. The second-order valence-electron chi connectivity index (χ2n) is 4.03. The summed E-state index contributed by atoms with van der Waals surface area (Å²) in [7, 11) is 0. The van der Waals surface area contributed by atoms with E-state index in [0.29, 0.717) is 19.7 Å². The number of halogens is 2. The van der Waals surface area contributed by atoms with E-state index in [-0.39, 0.29) is 12.0 Å². The van der Waals surface area contributed by atoms with Crippen LogP contribution in [0.1, 0.15) is 17.3 Å². The first-order chi connectivity index (χ1) is 8.09. The molecular weight excluding hydrogens is 397 g/mol. The summed E-state index contributed by atoms with van der Waals surface area (Å²) in [6.07, 6.45) is 0.118. The first-order valence-electron chi connectivity index (χ1n) is 5.44. The minimum absolute atomic E-state index is 0.0806. The van der Waals surface area contributed by atoms with Crippen molar-refractivity contribution in [2.24, 2.45) is 0 Å². The average Bonchev–Trinajstić information content (AvgIpc) is 2.28. The van der Waals surface area contributed by atoms with Crippen LogP contribution in [0.2, 0.25) is 0 Å². The summed E-state index contributed by atoms with van der Waals surface area (Å²) in [5, 5.41) is 0.